The second-order valence-corrected chi connectivity index (χ2v) is 21.5. The summed E-state index contributed by atoms with van der Waals surface area (Å²) in [6, 6.07) is 4.65. The summed E-state index contributed by atoms with van der Waals surface area (Å²) in [5.41, 5.74) is 17.2. The maximum Gasteiger partial charge on any atom is 0.243 e. The number of nitrogens with one attached hydrogen (secondary N) is 5. The van der Waals surface area contributed by atoms with Gasteiger partial charge in [-0.05, 0) is 74.1 Å². The number of hydrogen-bond acceptors (Lipinski definition) is 13. The third kappa shape index (κ3) is 18.6. The van der Waals surface area contributed by atoms with Gasteiger partial charge in [-0.2, -0.15) is 0 Å². The molecule has 0 radical (unpaired) electrons. The van der Waals surface area contributed by atoms with Crippen LogP contribution in [0.2, 0.25) is 5.02 Å². The summed E-state index contributed by atoms with van der Waals surface area (Å²) in [5, 5.41) is 16.0. The highest BCUT2D eigenvalue weighted by molar-refractivity contribution is 8.76. The number of nitrogens with two attached hydrogens (primary N) is 3. The lowest BCUT2D eigenvalue weighted by Crippen LogP contribution is -2.58. The SMILES string of the molecule is CCNC(=O)[C@@H](CCCN=C(N)N)NC(=O)[C@@H]1CCCN1C(=O)[C@@H]1CSSCCC(=O)C[C@@H](Cc2ccc(Cl)cc2)C(=O)N[C@@H](Cc2cccs2)C(=O)N[C@@H](C(C)C)C(=O)N[C@@H](CC(N)=O)C(=O)C1. The predicted octanol–water partition coefficient (Wildman–Crippen LogP) is 1.77. The van der Waals surface area contributed by atoms with Crippen LogP contribution < -0.4 is 43.8 Å². The van der Waals surface area contributed by atoms with Crippen molar-refractivity contribution in [3.8, 4) is 0 Å². The van der Waals surface area contributed by atoms with Gasteiger partial charge in [-0.25, -0.2) is 0 Å². The van der Waals surface area contributed by atoms with Crippen molar-refractivity contribution in [2.45, 2.75) is 115 Å². The smallest absolute Gasteiger partial charge is 0.243 e. The highest BCUT2D eigenvalue weighted by Gasteiger charge is 2.41. The fraction of sp³-hybridized carbons (Fsp3) is 0.565. The molecule has 0 unspecified atom stereocenters. The van der Waals surface area contributed by atoms with Gasteiger partial charge in [-0.3, -0.25) is 48.1 Å². The Bertz CT molecular complexity index is 2140. The van der Waals surface area contributed by atoms with E-state index in [2.05, 4.69) is 31.6 Å². The molecule has 378 valence electrons. The minimum absolute atomic E-state index is 0.0374. The van der Waals surface area contributed by atoms with Crippen LogP contribution in [0.1, 0.15) is 82.6 Å². The lowest BCUT2D eigenvalue weighted by molar-refractivity contribution is -0.143. The first-order chi connectivity index (χ1) is 32.9. The van der Waals surface area contributed by atoms with E-state index in [1.54, 1.807) is 57.2 Å². The maximum absolute atomic E-state index is 14.6. The molecule has 2 aliphatic heterocycles. The molecule has 2 aliphatic rings. The van der Waals surface area contributed by atoms with Gasteiger partial charge in [0.1, 0.15) is 30.0 Å². The largest absolute Gasteiger partial charge is 0.370 e. The second kappa shape index (κ2) is 28.5. The Morgan fingerprint density at radius 2 is 1.64 bits per heavy atom. The number of benzene rings is 1. The fourth-order valence-electron chi connectivity index (χ4n) is 7.99. The molecule has 0 aliphatic carbocycles. The van der Waals surface area contributed by atoms with Crippen LogP contribution in [0.15, 0.2) is 46.8 Å². The Morgan fingerprint density at radius 1 is 0.913 bits per heavy atom. The maximum atomic E-state index is 14.6. The van der Waals surface area contributed by atoms with Crippen molar-refractivity contribution in [2.75, 3.05) is 31.1 Å². The van der Waals surface area contributed by atoms with E-state index in [9.17, 15) is 43.2 Å². The molecule has 4 rings (SSSR count). The van der Waals surface area contributed by atoms with Crippen molar-refractivity contribution in [1.29, 1.82) is 0 Å². The van der Waals surface area contributed by atoms with Crippen LogP contribution in [0.4, 0.5) is 0 Å². The monoisotopic (exact) mass is 1030 g/mol. The molecule has 0 spiro atoms. The molecular weight excluding hydrogens is 968 g/mol. The van der Waals surface area contributed by atoms with E-state index in [4.69, 9.17) is 28.8 Å². The van der Waals surface area contributed by atoms with E-state index in [0.717, 1.165) is 10.4 Å². The van der Waals surface area contributed by atoms with Gasteiger partial charge < -0.3 is 48.7 Å². The van der Waals surface area contributed by atoms with Gasteiger partial charge in [0.2, 0.25) is 41.4 Å². The van der Waals surface area contributed by atoms with Gasteiger partial charge >= 0.3 is 0 Å². The normalized spacial score (nSPS) is 23.0. The summed E-state index contributed by atoms with van der Waals surface area (Å²) >= 11 is 7.51. The van der Waals surface area contributed by atoms with Crippen LogP contribution in [0, 0.1) is 17.8 Å². The number of nitrogens with zero attached hydrogens (tertiary/aromatic N) is 2. The number of likely N-dealkylation sites (tertiary alicyclic amines) is 1. The van der Waals surface area contributed by atoms with Crippen LogP contribution >= 0.6 is 44.5 Å². The molecule has 2 fully saturated rings. The third-order valence-electron chi connectivity index (χ3n) is 11.6. The van der Waals surface area contributed by atoms with Gasteiger partial charge in [-0.15, -0.1) is 11.3 Å². The molecule has 2 saturated heterocycles. The van der Waals surface area contributed by atoms with E-state index in [0.29, 0.717) is 24.4 Å². The topological polar surface area (TPSA) is 307 Å². The van der Waals surface area contributed by atoms with Gasteiger partial charge in [0, 0.05) is 72.6 Å². The van der Waals surface area contributed by atoms with E-state index >= 15 is 0 Å². The molecule has 0 bridgehead atoms. The number of primary amides is 1. The van der Waals surface area contributed by atoms with Gasteiger partial charge in [0.05, 0.1) is 18.4 Å². The molecule has 1 aromatic carbocycles. The quantitative estimate of drug-likeness (QED) is 0.0516. The summed E-state index contributed by atoms with van der Waals surface area (Å²) in [5.74, 6) is -7.63. The lowest BCUT2D eigenvalue weighted by Gasteiger charge is -2.30. The molecule has 0 saturated carbocycles. The molecule has 11 N–H and O–H groups in total. The Kier molecular flexibility index (Phi) is 23.3. The minimum Gasteiger partial charge on any atom is -0.370 e. The number of hydrogen-bond donors (Lipinski definition) is 8. The number of likely N-dealkylation sites (N-methyl/N-ethyl adjacent to an activating group) is 1. The first-order valence-corrected chi connectivity index (χ1v) is 26.8. The lowest BCUT2D eigenvalue weighted by atomic mass is 9.92. The number of carbonyl (C=O) groups excluding carboxylic acids is 9. The Morgan fingerprint density at radius 3 is 2.29 bits per heavy atom. The average Bonchev–Trinajstić information content (AvgIpc) is 4.01. The highest BCUT2D eigenvalue weighted by atomic mass is 35.5. The summed E-state index contributed by atoms with van der Waals surface area (Å²) in [6.07, 6.45) is 0.422. The zero-order chi connectivity index (χ0) is 50.6. The van der Waals surface area contributed by atoms with Gasteiger partial charge in [-0.1, -0.05) is 65.2 Å². The zero-order valence-electron chi connectivity index (χ0n) is 39.2. The van der Waals surface area contributed by atoms with Crippen LogP contribution in [0.3, 0.4) is 0 Å². The zero-order valence-corrected chi connectivity index (χ0v) is 42.4. The molecule has 2 aromatic rings. The van der Waals surface area contributed by atoms with Crippen molar-refractivity contribution >= 4 is 103 Å². The average molecular weight is 1030 g/mol. The second-order valence-electron chi connectivity index (χ2n) is 17.4. The highest BCUT2D eigenvalue weighted by Crippen LogP contribution is 2.31. The molecule has 7 amide bonds. The number of amides is 7. The molecular formula is C46H65ClN10O9S3. The summed E-state index contributed by atoms with van der Waals surface area (Å²) in [6.45, 7) is 5.81. The van der Waals surface area contributed by atoms with E-state index in [1.165, 1.54) is 37.8 Å². The van der Waals surface area contributed by atoms with E-state index in [-0.39, 0.29) is 74.9 Å². The van der Waals surface area contributed by atoms with E-state index < -0.39 is 108 Å². The Balaban J connectivity index is 1.65. The first-order valence-electron chi connectivity index (χ1n) is 23.1. The molecule has 1 aromatic heterocycles. The van der Waals surface area contributed by atoms with Crippen molar-refractivity contribution < 1.29 is 43.2 Å². The number of guanidine groups is 1. The molecule has 7 atom stereocenters. The fourth-order valence-corrected chi connectivity index (χ4v) is 11.2. The molecule has 69 heavy (non-hydrogen) atoms. The number of aliphatic imine (C=N–C) groups is 1. The number of rotatable bonds is 16. The van der Waals surface area contributed by atoms with Crippen LogP contribution in [-0.4, -0.2) is 125 Å². The minimum atomic E-state index is -1.49. The summed E-state index contributed by atoms with van der Waals surface area (Å²) in [4.78, 5) is 130. The Labute approximate surface area is 419 Å². The first kappa shape index (κ1) is 56.4. The standard InChI is InChI=1S/C46H65ClN10O9S3/c1-4-51-41(62)33(9-5-16-52-46(49)50)53-43(64)36-10-6-17-57(36)45(66)29-22-37(59)34(24-38(48)60)54-44(65)39(26(2)3)56-42(63)35(23-32-8-7-18-67-32)55-40(61)28(20-27-11-13-30(47)14-12-27)21-31(58)15-19-68-69-25-29/h7-8,11-14,18,26,28-29,33-36,39H,4-6,9-10,15-17,19-25H2,1-3H3,(H2,48,60)(H,51,62)(H,53,64)(H,54,65)(H,55,61)(H,56,63)(H4,49,50,52)/t28-,29+,33-,34+,35+,36+,39+/m1/s1. The molecule has 3 heterocycles. The number of thiophene rings is 1. The number of Topliss-reactive ketones (excluding diaryl/α,β-unsaturated/α-hetero) is 2. The number of halogens is 1. The summed E-state index contributed by atoms with van der Waals surface area (Å²) in [7, 11) is 2.52. The van der Waals surface area contributed by atoms with Crippen molar-refractivity contribution in [3.05, 3.63) is 57.2 Å². The van der Waals surface area contributed by atoms with Crippen molar-refractivity contribution in [2.24, 2.45) is 39.9 Å². The molecule has 19 nitrogen and oxygen atoms in total. The van der Waals surface area contributed by atoms with Crippen molar-refractivity contribution in [1.82, 2.24) is 31.5 Å². The van der Waals surface area contributed by atoms with Gasteiger partial charge in [0.25, 0.3) is 0 Å². The summed E-state index contributed by atoms with van der Waals surface area (Å²) < 4.78 is 0. The third-order valence-corrected chi connectivity index (χ3v) is 15.2. The van der Waals surface area contributed by atoms with Crippen LogP contribution in [0.5, 0.6) is 0 Å². The predicted molar refractivity (Wildman–Crippen MR) is 269 cm³/mol. The van der Waals surface area contributed by atoms with Crippen LogP contribution in [0.25, 0.3) is 0 Å². The van der Waals surface area contributed by atoms with E-state index in [1.807, 2.05) is 5.38 Å². The molecule has 23 heteroatoms. The number of carbonyl (C=O) groups is 9. The van der Waals surface area contributed by atoms with Gasteiger partial charge in [0.15, 0.2) is 11.7 Å². The Hall–Kier alpha value is -5.19. The van der Waals surface area contributed by atoms with Crippen molar-refractivity contribution in [3.63, 3.8) is 0 Å². The van der Waals surface area contributed by atoms with Crippen LogP contribution in [-0.2, 0) is 56.0 Å². The number of ketones is 2.